The normalized spacial score (nSPS) is 10.8. The molecule has 1 aromatic carbocycles. The van der Waals surface area contributed by atoms with E-state index in [4.69, 9.17) is 0 Å². The monoisotopic (exact) mass is 203 g/mol. The highest BCUT2D eigenvalue weighted by atomic mass is 32.1. The van der Waals surface area contributed by atoms with Gasteiger partial charge in [0.1, 0.15) is 0 Å². The maximum absolute atomic E-state index is 4.41. The maximum atomic E-state index is 4.41. The van der Waals surface area contributed by atoms with Crippen LogP contribution >= 0.6 is 11.3 Å². The number of aromatic nitrogens is 1. The van der Waals surface area contributed by atoms with Crippen molar-refractivity contribution in [3.63, 3.8) is 0 Å². The molecule has 0 aliphatic carbocycles. The first-order chi connectivity index (χ1) is 6.77. The molecule has 0 N–H and O–H groups in total. The van der Waals surface area contributed by atoms with Gasteiger partial charge in [0.25, 0.3) is 0 Å². The van der Waals surface area contributed by atoms with E-state index < -0.39 is 0 Å². The van der Waals surface area contributed by atoms with E-state index in [2.05, 4.69) is 43.1 Å². The summed E-state index contributed by atoms with van der Waals surface area (Å²) in [6.45, 7) is 4.35. The molecule has 0 bridgehead atoms. The van der Waals surface area contributed by atoms with Crippen LogP contribution in [0, 0.1) is 0 Å². The van der Waals surface area contributed by atoms with Crippen molar-refractivity contribution in [3.8, 4) is 10.4 Å². The van der Waals surface area contributed by atoms with E-state index in [1.807, 2.05) is 12.3 Å². The Kier molecular flexibility index (Phi) is 2.64. The van der Waals surface area contributed by atoms with Crippen LogP contribution in [0.2, 0.25) is 0 Å². The zero-order valence-electron chi connectivity index (χ0n) is 8.40. The lowest BCUT2D eigenvalue weighted by molar-refractivity contribution is 0.852. The molecule has 0 unspecified atom stereocenters. The molecule has 14 heavy (non-hydrogen) atoms. The number of benzene rings is 1. The van der Waals surface area contributed by atoms with Crippen molar-refractivity contribution in [3.05, 3.63) is 41.5 Å². The van der Waals surface area contributed by atoms with Crippen LogP contribution in [0.1, 0.15) is 24.8 Å². The zero-order valence-corrected chi connectivity index (χ0v) is 9.21. The third-order valence-corrected chi connectivity index (χ3v) is 3.42. The van der Waals surface area contributed by atoms with E-state index in [0.29, 0.717) is 5.92 Å². The van der Waals surface area contributed by atoms with Crippen molar-refractivity contribution in [2.75, 3.05) is 0 Å². The lowest BCUT2D eigenvalue weighted by Crippen LogP contribution is -1.81. The Hall–Kier alpha value is -1.15. The van der Waals surface area contributed by atoms with Crippen LogP contribution in [0.3, 0.4) is 0 Å². The van der Waals surface area contributed by atoms with Gasteiger partial charge in [0.2, 0.25) is 0 Å². The average molecular weight is 203 g/mol. The second-order valence-corrected chi connectivity index (χ2v) is 4.65. The third-order valence-electron chi connectivity index (χ3n) is 2.08. The molecule has 1 nitrogen and oxygen atoms in total. The minimum absolute atomic E-state index is 0.525. The van der Waals surface area contributed by atoms with Gasteiger partial charge in [-0.2, -0.15) is 0 Å². The summed E-state index contributed by atoms with van der Waals surface area (Å²) in [5.74, 6) is 0.525. The molecular formula is C12H13NS. The fourth-order valence-corrected chi connectivity index (χ4v) is 2.22. The Morgan fingerprint density at radius 3 is 2.43 bits per heavy atom. The van der Waals surface area contributed by atoms with Crippen LogP contribution in [0.5, 0.6) is 0 Å². The smallest absolute Gasteiger partial charge is 0.0956 e. The van der Waals surface area contributed by atoms with Crippen molar-refractivity contribution < 1.29 is 0 Å². The molecule has 0 saturated carbocycles. The molecule has 1 aromatic heterocycles. The van der Waals surface area contributed by atoms with Crippen molar-refractivity contribution in [1.29, 1.82) is 0 Å². The van der Waals surface area contributed by atoms with Gasteiger partial charge in [-0.25, -0.2) is 4.98 Å². The molecule has 1 heterocycles. The fraction of sp³-hybridized carbons (Fsp3) is 0.250. The molecule has 2 heteroatoms. The van der Waals surface area contributed by atoms with Gasteiger partial charge >= 0.3 is 0 Å². The van der Waals surface area contributed by atoms with Crippen LogP contribution < -0.4 is 0 Å². The summed E-state index contributed by atoms with van der Waals surface area (Å²) in [5, 5.41) is 1.21. The number of hydrogen-bond donors (Lipinski definition) is 0. The lowest BCUT2D eigenvalue weighted by Gasteiger charge is -1.96. The molecule has 0 amide bonds. The second-order valence-electron chi connectivity index (χ2n) is 3.58. The molecule has 0 spiro atoms. The van der Waals surface area contributed by atoms with Gasteiger partial charge < -0.3 is 0 Å². The van der Waals surface area contributed by atoms with Gasteiger partial charge in [-0.15, -0.1) is 11.3 Å². The van der Waals surface area contributed by atoms with Crippen molar-refractivity contribution in [2.24, 2.45) is 0 Å². The summed E-state index contributed by atoms with van der Waals surface area (Å²) in [6, 6.07) is 10.4. The first-order valence-electron chi connectivity index (χ1n) is 4.78. The van der Waals surface area contributed by atoms with Crippen LogP contribution in [-0.2, 0) is 0 Å². The quantitative estimate of drug-likeness (QED) is 0.720. The Balaban J connectivity index is 2.34. The molecule has 0 aliphatic rings. The number of hydrogen-bond acceptors (Lipinski definition) is 2. The van der Waals surface area contributed by atoms with Crippen LogP contribution in [0.25, 0.3) is 10.4 Å². The van der Waals surface area contributed by atoms with Crippen molar-refractivity contribution in [2.45, 2.75) is 19.8 Å². The molecule has 0 saturated heterocycles. The maximum Gasteiger partial charge on any atom is 0.0956 e. The van der Waals surface area contributed by atoms with Crippen LogP contribution in [-0.4, -0.2) is 4.98 Å². The van der Waals surface area contributed by atoms with E-state index in [0.717, 1.165) is 0 Å². The highest BCUT2D eigenvalue weighted by Crippen LogP contribution is 2.29. The van der Waals surface area contributed by atoms with Crippen LogP contribution in [0.4, 0.5) is 0 Å². The standard InChI is InChI=1S/C12H13NS/c1-9(2)12-13-8-11(14-12)10-6-4-3-5-7-10/h3-9H,1-2H3. The Labute approximate surface area is 88.4 Å². The number of rotatable bonds is 2. The topological polar surface area (TPSA) is 12.9 Å². The number of nitrogens with zero attached hydrogens (tertiary/aromatic N) is 1. The Morgan fingerprint density at radius 2 is 1.86 bits per heavy atom. The van der Waals surface area contributed by atoms with E-state index in [9.17, 15) is 0 Å². The van der Waals surface area contributed by atoms with Gasteiger partial charge in [0.15, 0.2) is 0 Å². The summed E-state index contributed by atoms with van der Waals surface area (Å²) >= 11 is 1.78. The van der Waals surface area contributed by atoms with E-state index in [-0.39, 0.29) is 0 Å². The fourth-order valence-electron chi connectivity index (χ4n) is 1.29. The third kappa shape index (κ3) is 1.85. The van der Waals surface area contributed by atoms with E-state index in [1.165, 1.54) is 15.4 Å². The molecule has 0 atom stereocenters. The lowest BCUT2D eigenvalue weighted by atomic mass is 10.2. The Morgan fingerprint density at radius 1 is 1.14 bits per heavy atom. The highest BCUT2D eigenvalue weighted by molar-refractivity contribution is 7.15. The van der Waals surface area contributed by atoms with Crippen LogP contribution in [0.15, 0.2) is 36.5 Å². The zero-order chi connectivity index (χ0) is 9.97. The van der Waals surface area contributed by atoms with E-state index in [1.54, 1.807) is 11.3 Å². The summed E-state index contributed by atoms with van der Waals surface area (Å²) in [5.41, 5.74) is 1.26. The molecule has 0 fully saturated rings. The highest BCUT2D eigenvalue weighted by Gasteiger charge is 2.06. The summed E-state index contributed by atoms with van der Waals surface area (Å²) in [6.07, 6.45) is 1.97. The first-order valence-corrected chi connectivity index (χ1v) is 5.60. The summed E-state index contributed by atoms with van der Waals surface area (Å²) in [7, 11) is 0. The Bertz CT molecular complexity index is 403. The van der Waals surface area contributed by atoms with Gasteiger partial charge in [-0.1, -0.05) is 44.2 Å². The van der Waals surface area contributed by atoms with Crippen molar-refractivity contribution in [1.82, 2.24) is 4.98 Å². The molecule has 2 aromatic rings. The largest absolute Gasteiger partial charge is 0.249 e. The first kappa shape index (κ1) is 9.41. The van der Waals surface area contributed by atoms with Crippen molar-refractivity contribution >= 4 is 11.3 Å². The second kappa shape index (κ2) is 3.93. The molecule has 72 valence electrons. The average Bonchev–Trinajstić information content (AvgIpc) is 2.68. The predicted octanol–water partition coefficient (Wildman–Crippen LogP) is 3.93. The summed E-state index contributed by atoms with van der Waals surface area (Å²) in [4.78, 5) is 5.67. The summed E-state index contributed by atoms with van der Waals surface area (Å²) < 4.78 is 0. The van der Waals surface area contributed by atoms with E-state index >= 15 is 0 Å². The molecular weight excluding hydrogens is 190 g/mol. The predicted molar refractivity (Wildman–Crippen MR) is 61.6 cm³/mol. The minimum atomic E-state index is 0.525. The van der Waals surface area contributed by atoms with Gasteiger partial charge in [-0.3, -0.25) is 0 Å². The molecule has 2 rings (SSSR count). The van der Waals surface area contributed by atoms with Gasteiger partial charge in [-0.05, 0) is 5.56 Å². The SMILES string of the molecule is CC(C)c1ncc(-c2ccccc2)s1. The number of thiazole rings is 1. The molecule has 0 radical (unpaired) electrons. The minimum Gasteiger partial charge on any atom is -0.249 e. The van der Waals surface area contributed by atoms with Gasteiger partial charge in [0.05, 0.1) is 9.88 Å². The van der Waals surface area contributed by atoms with Gasteiger partial charge in [0, 0.05) is 12.1 Å². The molecule has 0 aliphatic heterocycles.